The number of aryl methyl sites for hydroxylation is 2. The zero-order valence-corrected chi connectivity index (χ0v) is 41.8. The Bertz CT molecular complexity index is 2730. The molecule has 0 radical (unpaired) electrons. The van der Waals surface area contributed by atoms with Crippen LogP contribution in [0.2, 0.25) is 0 Å². The largest absolute Gasteiger partial charge is 0.367 e. The van der Waals surface area contributed by atoms with Crippen molar-refractivity contribution in [1.82, 2.24) is 0 Å². The number of rotatable bonds is 0. The third-order valence-electron chi connectivity index (χ3n) is 14.6. The van der Waals surface area contributed by atoms with Gasteiger partial charge in [0.2, 0.25) is 0 Å². The Morgan fingerprint density at radius 2 is 0.553 bits per heavy atom. The maximum atomic E-state index is 9.87. The van der Waals surface area contributed by atoms with Crippen LogP contribution in [0.15, 0.2) is 122 Å². The fourth-order valence-electron chi connectivity index (χ4n) is 13.2. The molecule has 14 bridgehead atoms. The zero-order valence-electron chi connectivity index (χ0n) is 38.2. The van der Waals surface area contributed by atoms with E-state index in [-0.39, 0.29) is 11.2 Å². The fourth-order valence-corrected chi connectivity index (χ4v) is 13.2. The normalized spacial score (nSPS) is 31.9. The first-order valence-electron chi connectivity index (χ1n) is 22.5. The van der Waals surface area contributed by atoms with E-state index in [9.17, 15) is 101 Å². The molecule has 5 saturated carbocycles. The van der Waals surface area contributed by atoms with Crippen molar-refractivity contribution in [2.45, 2.75) is 56.6 Å². The van der Waals surface area contributed by atoms with Crippen LogP contribution in [0, 0.1) is 47.3 Å². The topological polar surface area (TPSA) is 24.8 Å². The van der Waals surface area contributed by atoms with Crippen molar-refractivity contribution in [2.75, 3.05) is 0 Å². The summed E-state index contributed by atoms with van der Waals surface area (Å²) in [7, 11) is -42.6. The summed E-state index contributed by atoms with van der Waals surface area (Å²) >= 11 is 0. The van der Waals surface area contributed by atoms with Gasteiger partial charge in [0, 0.05) is 72.5 Å². The summed E-state index contributed by atoms with van der Waals surface area (Å²) in [6.45, 7) is 3.85. The number of aromatic nitrogens is 4. The molecule has 26 rings (SSSR count). The average Bonchev–Trinajstić information content (AvgIpc) is 3.90. The molecule has 5 aliphatic carbocycles. The van der Waals surface area contributed by atoms with Gasteiger partial charge in [-0.25, -0.2) is 18.3 Å². The SMILES string of the molecule is F[P-](F)(F)(F)(F)F.F[P-](F)(F)(F)(F)F.F[P-](F)(F)(F)(F)F.F[P-](F)(F)(F)(F)F.c1cc2ccc1C[n+]1ccc(cc1)-c1cc[n+](cc1)CCC13OC4(CC[n+]5ccc(cc5)-c5cc[n+](cc5)C2)C2C5CC(C6C5C4C61)C23. The predicted octanol–water partition coefficient (Wildman–Crippen LogP) is 18.5. The van der Waals surface area contributed by atoms with Crippen LogP contribution in [0.3, 0.4) is 0 Å². The summed E-state index contributed by atoms with van der Waals surface area (Å²) in [6, 6.07) is 27.3. The number of ether oxygens (including phenoxy) is 1. The number of benzene rings is 1. The number of hydrogen-bond acceptors (Lipinski definition) is 1. The van der Waals surface area contributed by atoms with Crippen LogP contribution in [0.1, 0.15) is 30.4 Å². The van der Waals surface area contributed by atoms with E-state index in [1.54, 1.807) is 0 Å². The van der Waals surface area contributed by atoms with Crippen LogP contribution >= 0.6 is 31.2 Å². The molecule has 16 aliphatic heterocycles. The smallest absolute Gasteiger partial charge is 0.173 e. The molecular formula is C43H42F24N4OP4. The number of pyridine rings is 4. The summed E-state index contributed by atoms with van der Waals surface area (Å²) in [5.41, 5.74) is 7.98. The van der Waals surface area contributed by atoms with Crippen LogP contribution in [0.4, 0.5) is 101 Å². The molecular weight excluding hydrogens is 1170 g/mol. The van der Waals surface area contributed by atoms with Crippen LogP contribution < -0.4 is 18.3 Å². The fraction of sp³-hybridized carbons (Fsp3) is 0.395. The third kappa shape index (κ3) is 16.0. The molecule has 33 heteroatoms. The van der Waals surface area contributed by atoms with Crippen molar-refractivity contribution in [3.05, 3.63) is 133 Å². The Kier molecular flexibility index (Phi) is 11.7. The van der Waals surface area contributed by atoms with Gasteiger partial charge in [-0.3, -0.25) is 0 Å². The standard InChI is InChI=1S/C43H42N4O.4F6P/c1-2-29-4-3-28(1)26-46-19-9-32(10-20-46)30-5-15-44(16-6-30)23-13-42-38-34-25-35-37-36(34)40(42)41(37)43(48-42,39(35)38)14-24-45-17-7-31(8-18-45)33-11-21-47(27-29)22-12-33;4*1-7(2,3,4,5)6/h1-12,15-22,34-41H,13-14,23-27H2;;;;/q+4;4*-1. The Hall–Kier alpha value is -4.18. The first-order valence-corrected chi connectivity index (χ1v) is 30.6. The Morgan fingerprint density at radius 3 is 0.789 bits per heavy atom. The van der Waals surface area contributed by atoms with Crippen LogP contribution in [-0.4, -0.2) is 11.2 Å². The summed E-state index contributed by atoms with van der Waals surface area (Å²) in [4.78, 5) is 0. The Morgan fingerprint density at radius 1 is 0.329 bits per heavy atom. The molecule has 10 atom stereocenters. The summed E-state index contributed by atoms with van der Waals surface area (Å²) < 4.78 is 254. The minimum atomic E-state index is -10.7. The van der Waals surface area contributed by atoms with E-state index < -0.39 is 31.2 Å². The van der Waals surface area contributed by atoms with Crippen molar-refractivity contribution < 1.29 is 124 Å². The molecule has 2 saturated heterocycles. The average molecular weight is 1210 g/mol. The zero-order chi connectivity index (χ0) is 56.8. The summed E-state index contributed by atoms with van der Waals surface area (Å²) in [5, 5.41) is 0. The van der Waals surface area contributed by atoms with Crippen molar-refractivity contribution in [2.24, 2.45) is 47.3 Å². The number of halogens is 24. The van der Waals surface area contributed by atoms with E-state index in [1.807, 2.05) is 0 Å². The second-order valence-corrected chi connectivity index (χ2v) is 27.8. The molecule has 2 spiro atoms. The maximum absolute atomic E-state index is 10.7. The van der Waals surface area contributed by atoms with E-state index in [0.29, 0.717) is 0 Å². The number of nitrogens with zero attached hydrogens (tertiary/aromatic N) is 4. The second kappa shape index (κ2) is 15.4. The van der Waals surface area contributed by atoms with E-state index in [0.717, 1.165) is 73.5 Å². The van der Waals surface area contributed by atoms with Gasteiger partial charge < -0.3 is 4.74 Å². The van der Waals surface area contributed by atoms with Crippen molar-refractivity contribution in [1.29, 1.82) is 0 Å². The first-order chi connectivity index (χ1) is 33.5. The van der Waals surface area contributed by atoms with Gasteiger partial charge in [-0.15, -0.1) is 0 Å². The molecule has 5 nitrogen and oxygen atoms in total. The molecule has 76 heavy (non-hydrogen) atoms. The second-order valence-electron chi connectivity index (χ2n) is 20.2. The molecule has 0 amide bonds. The van der Waals surface area contributed by atoms with E-state index in [1.165, 1.54) is 52.6 Å². The Balaban J connectivity index is 0.000000226. The van der Waals surface area contributed by atoms with E-state index in [4.69, 9.17) is 4.74 Å². The van der Waals surface area contributed by atoms with Gasteiger partial charge in [-0.2, -0.15) is 0 Å². The quantitative estimate of drug-likeness (QED) is 0.0862. The van der Waals surface area contributed by atoms with Gasteiger partial charge >= 0.3 is 132 Å². The third-order valence-corrected chi connectivity index (χ3v) is 14.6. The van der Waals surface area contributed by atoms with Gasteiger partial charge in [-0.1, -0.05) is 24.3 Å². The van der Waals surface area contributed by atoms with Crippen LogP contribution in [-0.2, 0) is 30.9 Å². The molecule has 20 heterocycles. The van der Waals surface area contributed by atoms with Gasteiger partial charge in [0.05, 0.1) is 11.2 Å². The number of hydrogen-bond donors (Lipinski definition) is 0. The van der Waals surface area contributed by atoms with E-state index >= 15 is 0 Å². The summed E-state index contributed by atoms with van der Waals surface area (Å²) in [6.07, 6.45) is 21.9. The van der Waals surface area contributed by atoms with Crippen LogP contribution in [0.25, 0.3) is 22.3 Å². The predicted molar refractivity (Wildman–Crippen MR) is 232 cm³/mol. The minimum Gasteiger partial charge on any atom is -0.367 e. The molecule has 1 aromatic carbocycles. The molecule has 428 valence electrons. The molecule has 7 fully saturated rings. The van der Waals surface area contributed by atoms with Gasteiger partial charge in [-0.05, 0) is 76.0 Å². The molecule has 21 aliphatic rings. The summed E-state index contributed by atoms with van der Waals surface area (Å²) in [5.74, 6) is 7.13. The Labute approximate surface area is 414 Å². The molecule has 0 N–H and O–H groups in total. The van der Waals surface area contributed by atoms with Gasteiger partial charge in [0.1, 0.15) is 0 Å². The van der Waals surface area contributed by atoms with Gasteiger partial charge in [0.25, 0.3) is 0 Å². The molecule has 4 aromatic heterocycles. The minimum absolute atomic E-state index is 0.130. The molecule has 10 unspecified atom stereocenters. The maximum Gasteiger partial charge on any atom is 0.173 e. The monoisotopic (exact) mass is 1210 g/mol. The van der Waals surface area contributed by atoms with Gasteiger partial charge in [0.15, 0.2) is 75.8 Å². The van der Waals surface area contributed by atoms with Crippen LogP contribution in [0.5, 0.6) is 0 Å². The van der Waals surface area contributed by atoms with Crippen molar-refractivity contribution in [3.63, 3.8) is 0 Å². The van der Waals surface area contributed by atoms with E-state index in [2.05, 4.69) is 141 Å². The van der Waals surface area contributed by atoms with Crippen molar-refractivity contribution in [3.8, 4) is 22.3 Å². The molecule has 5 aromatic rings. The van der Waals surface area contributed by atoms with Crippen molar-refractivity contribution >= 4 is 31.2 Å². The first kappa shape index (κ1) is 58.0.